The number of benzene rings is 2. The van der Waals surface area contributed by atoms with Crippen LogP contribution in [-0.2, 0) is 6.42 Å². The van der Waals surface area contributed by atoms with Crippen LogP contribution in [-0.4, -0.2) is 38.7 Å². The molecule has 2 aromatic carbocycles. The van der Waals surface area contributed by atoms with Gasteiger partial charge in [-0.15, -0.1) is 10.2 Å². The lowest BCUT2D eigenvalue weighted by Crippen LogP contribution is -2.32. The molecule has 0 saturated heterocycles. The second kappa shape index (κ2) is 9.01. The van der Waals surface area contributed by atoms with Crippen molar-refractivity contribution in [3.05, 3.63) is 59.7 Å². The van der Waals surface area contributed by atoms with E-state index >= 15 is 4.39 Å². The topological polar surface area (TPSA) is 46.3 Å². The molecular weight excluding hydrogens is 472 g/mol. The minimum atomic E-state index is -4.38. The zero-order valence-electron chi connectivity index (χ0n) is 19.2. The Labute approximate surface area is 197 Å². The minimum absolute atomic E-state index is 0.00663. The fourth-order valence-electron chi connectivity index (χ4n) is 3.90. The van der Waals surface area contributed by atoms with Crippen LogP contribution in [0.3, 0.4) is 0 Å². The smallest absolute Gasteiger partial charge is 0.320 e. The molecule has 0 radical (unpaired) electrons. The number of rotatable bonds is 7. The number of anilines is 2. The molecule has 11 heteroatoms. The van der Waals surface area contributed by atoms with Gasteiger partial charge in [0.05, 0.1) is 22.9 Å². The van der Waals surface area contributed by atoms with Crippen molar-refractivity contribution in [3.8, 4) is 0 Å². The number of fused-ring (bicyclic) bond motifs is 3. The largest absolute Gasteiger partial charge is 0.393 e. The van der Waals surface area contributed by atoms with E-state index < -0.39 is 30.4 Å². The Morgan fingerprint density at radius 3 is 2.43 bits per heavy atom. The zero-order valence-corrected chi connectivity index (χ0v) is 19.2. The first-order chi connectivity index (χ1) is 16.4. The molecule has 5 nitrogen and oxygen atoms in total. The highest BCUT2D eigenvalue weighted by molar-refractivity contribution is 5.94. The van der Waals surface area contributed by atoms with Gasteiger partial charge in [-0.2, -0.15) is 18.2 Å². The average molecular weight is 495 g/mol. The summed E-state index contributed by atoms with van der Waals surface area (Å²) in [7, 11) is 0. The molecular formula is C24H23F6N5. The summed E-state index contributed by atoms with van der Waals surface area (Å²) in [6.45, 7) is 3.09. The molecule has 0 atom stereocenters. The number of hydrogen-bond donors (Lipinski definition) is 0. The summed E-state index contributed by atoms with van der Waals surface area (Å²) in [5.74, 6) is -0.185. The summed E-state index contributed by atoms with van der Waals surface area (Å²) in [4.78, 5) is 5.52. The maximum atomic E-state index is 15.1. The quantitative estimate of drug-likeness (QED) is 0.270. The fraction of sp³-hybridized carbons (Fsp3) is 0.375. The molecule has 2 aromatic heterocycles. The van der Waals surface area contributed by atoms with Crippen LogP contribution in [0, 0.1) is 18.2 Å². The van der Waals surface area contributed by atoms with Crippen molar-refractivity contribution in [2.75, 3.05) is 11.4 Å². The summed E-state index contributed by atoms with van der Waals surface area (Å²) in [6.07, 6.45) is -7.29. The Hall–Kier alpha value is -3.37. The Kier molecular flexibility index (Phi) is 6.37. The molecule has 4 rings (SSSR count). The van der Waals surface area contributed by atoms with Crippen LogP contribution < -0.4 is 4.90 Å². The van der Waals surface area contributed by atoms with Crippen LogP contribution in [0.1, 0.15) is 31.7 Å². The molecule has 35 heavy (non-hydrogen) atoms. The molecule has 0 fully saturated rings. The number of aromatic nitrogens is 4. The SMILES string of the molecule is Cc1nnc2nc(N(CC(F)F)c3cccc(CCC(C)(C)C(F)(F)F)c3)c3c(F)cccc3n12. The van der Waals surface area contributed by atoms with E-state index in [2.05, 4.69) is 15.2 Å². The molecule has 0 amide bonds. The molecule has 0 unspecified atom stereocenters. The lowest BCUT2D eigenvalue weighted by Gasteiger charge is -2.28. The summed E-state index contributed by atoms with van der Waals surface area (Å²) < 4.78 is 83.8. The average Bonchev–Trinajstić information content (AvgIpc) is 3.16. The number of alkyl halides is 5. The number of halogens is 6. The van der Waals surface area contributed by atoms with Crippen molar-refractivity contribution >= 4 is 28.2 Å². The van der Waals surface area contributed by atoms with Crippen LogP contribution in [0.4, 0.5) is 37.8 Å². The fourth-order valence-corrected chi connectivity index (χ4v) is 3.90. The Bertz CT molecular complexity index is 1360. The van der Waals surface area contributed by atoms with Gasteiger partial charge in [0.15, 0.2) is 0 Å². The van der Waals surface area contributed by atoms with Gasteiger partial charge >= 0.3 is 6.18 Å². The number of nitrogens with zero attached hydrogens (tertiary/aromatic N) is 5. The molecule has 0 aliphatic rings. The molecule has 0 saturated carbocycles. The Balaban J connectivity index is 1.82. The minimum Gasteiger partial charge on any atom is -0.320 e. The Morgan fingerprint density at radius 1 is 1.03 bits per heavy atom. The highest BCUT2D eigenvalue weighted by Crippen LogP contribution is 2.41. The van der Waals surface area contributed by atoms with E-state index in [1.54, 1.807) is 25.1 Å². The monoisotopic (exact) mass is 495 g/mol. The molecule has 0 spiro atoms. The van der Waals surface area contributed by atoms with Crippen molar-refractivity contribution in [1.29, 1.82) is 0 Å². The molecule has 2 heterocycles. The van der Waals surface area contributed by atoms with Crippen molar-refractivity contribution in [1.82, 2.24) is 19.6 Å². The van der Waals surface area contributed by atoms with Crippen molar-refractivity contribution in [3.63, 3.8) is 0 Å². The van der Waals surface area contributed by atoms with Crippen LogP contribution in [0.5, 0.6) is 0 Å². The number of aryl methyl sites for hydroxylation is 2. The predicted molar refractivity (Wildman–Crippen MR) is 121 cm³/mol. The lowest BCUT2D eigenvalue weighted by molar-refractivity contribution is -0.213. The van der Waals surface area contributed by atoms with E-state index in [-0.39, 0.29) is 35.5 Å². The summed E-state index contributed by atoms with van der Waals surface area (Å²) >= 11 is 0. The van der Waals surface area contributed by atoms with Crippen LogP contribution >= 0.6 is 0 Å². The Morgan fingerprint density at radius 2 is 1.74 bits per heavy atom. The second-order valence-corrected chi connectivity index (χ2v) is 9.01. The summed E-state index contributed by atoms with van der Waals surface area (Å²) in [5, 5.41) is 7.94. The predicted octanol–water partition coefficient (Wildman–Crippen LogP) is 6.65. The van der Waals surface area contributed by atoms with E-state index in [0.717, 1.165) is 13.8 Å². The van der Waals surface area contributed by atoms with Gasteiger partial charge in [-0.1, -0.05) is 32.0 Å². The highest BCUT2D eigenvalue weighted by atomic mass is 19.4. The lowest BCUT2D eigenvalue weighted by atomic mass is 9.85. The van der Waals surface area contributed by atoms with Gasteiger partial charge in [0.2, 0.25) is 0 Å². The first kappa shape index (κ1) is 24.7. The van der Waals surface area contributed by atoms with Gasteiger partial charge in [0, 0.05) is 5.69 Å². The van der Waals surface area contributed by atoms with E-state index in [1.807, 2.05) is 0 Å². The van der Waals surface area contributed by atoms with Gasteiger partial charge in [0.25, 0.3) is 12.2 Å². The highest BCUT2D eigenvalue weighted by Gasteiger charge is 2.46. The first-order valence-electron chi connectivity index (χ1n) is 10.9. The standard InChI is InChI=1S/C24H23F6N5/c1-14-32-33-22-31-21(20-17(25)8-5-9-18(20)35(14)22)34(13-19(26)27)16-7-4-6-15(12-16)10-11-23(2,3)24(28,29)30/h4-9,12,19H,10-11,13H2,1-3H3. The first-order valence-corrected chi connectivity index (χ1v) is 10.9. The van der Waals surface area contributed by atoms with E-state index in [9.17, 15) is 22.0 Å². The molecule has 4 aromatic rings. The van der Waals surface area contributed by atoms with Gasteiger partial charge in [-0.05, 0) is 49.6 Å². The third kappa shape index (κ3) is 4.76. The van der Waals surface area contributed by atoms with Crippen molar-refractivity contribution in [2.45, 2.75) is 46.2 Å². The summed E-state index contributed by atoms with van der Waals surface area (Å²) in [5.41, 5.74) is -0.772. The van der Waals surface area contributed by atoms with Crippen LogP contribution in [0.15, 0.2) is 42.5 Å². The van der Waals surface area contributed by atoms with Crippen molar-refractivity contribution < 1.29 is 26.3 Å². The molecule has 0 aliphatic heterocycles. The van der Waals surface area contributed by atoms with Crippen molar-refractivity contribution in [2.24, 2.45) is 5.41 Å². The molecule has 0 aliphatic carbocycles. The maximum Gasteiger partial charge on any atom is 0.393 e. The summed E-state index contributed by atoms with van der Waals surface area (Å²) in [6, 6.07) is 10.6. The van der Waals surface area contributed by atoms with Gasteiger partial charge in [-0.3, -0.25) is 4.40 Å². The second-order valence-electron chi connectivity index (χ2n) is 9.01. The molecule has 0 bridgehead atoms. The zero-order chi connectivity index (χ0) is 25.5. The normalized spacial score (nSPS) is 12.7. The maximum absolute atomic E-state index is 15.1. The molecule has 0 N–H and O–H groups in total. The molecule has 186 valence electrons. The van der Waals surface area contributed by atoms with Gasteiger partial charge in [0.1, 0.15) is 17.5 Å². The van der Waals surface area contributed by atoms with Gasteiger partial charge < -0.3 is 4.90 Å². The third-order valence-corrected chi connectivity index (χ3v) is 6.07. The van der Waals surface area contributed by atoms with Gasteiger partial charge in [-0.25, -0.2) is 13.2 Å². The van der Waals surface area contributed by atoms with Crippen LogP contribution in [0.25, 0.3) is 16.7 Å². The number of hydrogen-bond acceptors (Lipinski definition) is 4. The van der Waals surface area contributed by atoms with E-state index in [1.165, 1.54) is 33.6 Å². The third-order valence-electron chi connectivity index (χ3n) is 6.07. The van der Waals surface area contributed by atoms with E-state index in [0.29, 0.717) is 16.9 Å². The van der Waals surface area contributed by atoms with E-state index in [4.69, 9.17) is 0 Å². The van der Waals surface area contributed by atoms with Crippen LogP contribution in [0.2, 0.25) is 0 Å².